The largest absolute Gasteiger partial charge is 0.389 e. The number of aliphatic hydroxyl groups is 1. The molecule has 0 bridgehead atoms. The van der Waals surface area contributed by atoms with Gasteiger partial charge < -0.3 is 5.11 Å². The van der Waals surface area contributed by atoms with E-state index in [0.717, 1.165) is 25.2 Å². The number of rotatable bonds is 12. The molecule has 0 saturated heterocycles. The average molecular weight is 319 g/mol. The van der Waals surface area contributed by atoms with Gasteiger partial charge in [-0.3, -0.25) is 0 Å². The molecule has 3 atom stereocenters. The third-order valence-corrected chi connectivity index (χ3v) is 4.98. The van der Waals surface area contributed by atoms with E-state index in [1.807, 2.05) is 0 Å². The molecular weight excluding hydrogens is 280 g/mol. The lowest BCUT2D eigenvalue weighted by molar-refractivity contribution is 0.207. The summed E-state index contributed by atoms with van der Waals surface area (Å²) in [5.74, 6) is 1.46. The van der Waals surface area contributed by atoms with Gasteiger partial charge in [0.05, 0.1) is 6.10 Å². The van der Waals surface area contributed by atoms with Crippen LogP contribution >= 0.6 is 0 Å². The van der Waals surface area contributed by atoms with Crippen molar-refractivity contribution in [2.75, 3.05) is 0 Å². The molecule has 132 valence electrons. The van der Waals surface area contributed by atoms with Crippen molar-refractivity contribution in [3.8, 4) is 0 Å². The van der Waals surface area contributed by atoms with E-state index in [4.69, 9.17) is 0 Å². The van der Waals surface area contributed by atoms with Crippen LogP contribution in [-0.4, -0.2) is 11.2 Å². The molecule has 0 radical (unpaired) electrons. The second-order valence-electron chi connectivity index (χ2n) is 7.36. The van der Waals surface area contributed by atoms with Crippen molar-refractivity contribution >= 4 is 0 Å². The van der Waals surface area contributed by atoms with Gasteiger partial charge in [-0.15, -0.1) is 6.58 Å². The van der Waals surface area contributed by atoms with Gasteiger partial charge in [0.1, 0.15) is 0 Å². The maximum atomic E-state index is 10.0. The molecule has 1 saturated carbocycles. The van der Waals surface area contributed by atoms with Gasteiger partial charge in [-0.25, -0.2) is 0 Å². The average Bonchev–Trinajstić information content (AvgIpc) is 2.96. The first-order valence-corrected chi connectivity index (χ1v) is 9.79. The van der Waals surface area contributed by atoms with Crippen LogP contribution in [-0.2, 0) is 0 Å². The van der Waals surface area contributed by atoms with Crippen molar-refractivity contribution in [3.63, 3.8) is 0 Å². The van der Waals surface area contributed by atoms with Crippen LogP contribution in [0.3, 0.4) is 0 Å². The summed E-state index contributed by atoms with van der Waals surface area (Å²) in [7, 11) is 0. The zero-order valence-electron chi connectivity index (χ0n) is 15.5. The van der Waals surface area contributed by atoms with Crippen LogP contribution in [0.4, 0.5) is 0 Å². The molecule has 1 unspecified atom stereocenters. The Bertz CT molecular complexity index is 366. The van der Waals surface area contributed by atoms with E-state index in [1.54, 1.807) is 0 Å². The van der Waals surface area contributed by atoms with Crippen LogP contribution in [0.5, 0.6) is 0 Å². The van der Waals surface area contributed by atoms with Crippen molar-refractivity contribution in [2.45, 2.75) is 90.6 Å². The van der Waals surface area contributed by atoms with Crippen molar-refractivity contribution in [1.29, 1.82) is 0 Å². The summed E-state index contributed by atoms with van der Waals surface area (Å²) >= 11 is 0. The van der Waals surface area contributed by atoms with Crippen LogP contribution in [0.25, 0.3) is 0 Å². The van der Waals surface area contributed by atoms with E-state index in [9.17, 15) is 5.11 Å². The van der Waals surface area contributed by atoms with E-state index in [-0.39, 0.29) is 6.10 Å². The fraction of sp³-hybridized carbons (Fsp3) is 0.727. The number of allylic oxidation sites excluding steroid dienone is 4. The van der Waals surface area contributed by atoms with Gasteiger partial charge in [0.25, 0.3) is 0 Å². The minimum absolute atomic E-state index is 0.236. The maximum Gasteiger partial charge on any atom is 0.0721 e. The van der Waals surface area contributed by atoms with Gasteiger partial charge >= 0.3 is 0 Å². The van der Waals surface area contributed by atoms with E-state index in [2.05, 4.69) is 44.7 Å². The minimum Gasteiger partial charge on any atom is -0.389 e. The molecule has 1 N–H and O–H groups in total. The highest BCUT2D eigenvalue weighted by Gasteiger charge is 2.23. The van der Waals surface area contributed by atoms with Crippen LogP contribution in [0.1, 0.15) is 84.5 Å². The molecule has 1 fully saturated rings. The first-order valence-electron chi connectivity index (χ1n) is 9.79. The van der Waals surface area contributed by atoms with Crippen LogP contribution < -0.4 is 0 Å². The van der Waals surface area contributed by atoms with Gasteiger partial charge in [-0.05, 0) is 63.7 Å². The lowest BCUT2D eigenvalue weighted by atomic mass is 9.91. The third-order valence-electron chi connectivity index (χ3n) is 4.98. The molecule has 1 rings (SSSR count). The highest BCUT2D eigenvalue weighted by Crippen LogP contribution is 2.35. The summed E-state index contributed by atoms with van der Waals surface area (Å²) in [5, 5.41) is 10.0. The standard InChI is InChI=1S/C22H38O/c1-4-5-8-16-22(23)18-17-21-15-11-14-20(21)13-10-7-6-9-12-19(2)3/h7,10,17-18,20-23H,2,4-6,8-9,11-16H2,1,3H3/b10-7-,18-17+/t20-,21?,22-/m0/s1. The summed E-state index contributed by atoms with van der Waals surface area (Å²) in [6.45, 7) is 8.26. The molecule has 0 aliphatic heterocycles. The zero-order chi connectivity index (χ0) is 16.9. The number of unbranched alkanes of at least 4 members (excludes halogenated alkanes) is 3. The minimum atomic E-state index is -0.236. The third kappa shape index (κ3) is 9.81. The van der Waals surface area contributed by atoms with Gasteiger partial charge in [-0.2, -0.15) is 0 Å². The Morgan fingerprint density at radius 3 is 2.78 bits per heavy atom. The Kier molecular flexibility index (Phi) is 11.1. The van der Waals surface area contributed by atoms with Gasteiger partial charge in [0.2, 0.25) is 0 Å². The monoisotopic (exact) mass is 318 g/mol. The SMILES string of the molecule is C=C(C)CCC/C=C\C[C@H]1CCCC1/C=C/[C@@H](O)CCCCC. The van der Waals surface area contributed by atoms with Crippen LogP contribution in [0, 0.1) is 11.8 Å². The van der Waals surface area contributed by atoms with E-state index in [0.29, 0.717) is 5.92 Å². The Balaban J connectivity index is 2.24. The van der Waals surface area contributed by atoms with E-state index in [1.165, 1.54) is 56.9 Å². The Hall–Kier alpha value is -0.820. The van der Waals surface area contributed by atoms with Crippen molar-refractivity contribution in [3.05, 3.63) is 36.5 Å². The fourth-order valence-electron chi connectivity index (χ4n) is 3.49. The smallest absolute Gasteiger partial charge is 0.0721 e. The topological polar surface area (TPSA) is 20.2 Å². The van der Waals surface area contributed by atoms with Crippen LogP contribution in [0.15, 0.2) is 36.5 Å². The van der Waals surface area contributed by atoms with Gasteiger partial charge in [0, 0.05) is 0 Å². The molecule has 0 aromatic rings. The molecule has 1 nitrogen and oxygen atoms in total. The highest BCUT2D eigenvalue weighted by molar-refractivity contribution is 5.00. The molecule has 1 aliphatic carbocycles. The quantitative estimate of drug-likeness (QED) is 0.318. The number of hydrogen-bond acceptors (Lipinski definition) is 1. The first-order chi connectivity index (χ1) is 11.1. The summed E-state index contributed by atoms with van der Waals surface area (Å²) in [4.78, 5) is 0. The number of aliphatic hydroxyl groups excluding tert-OH is 1. The van der Waals surface area contributed by atoms with E-state index < -0.39 is 0 Å². The van der Waals surface area contributed by atoms with Crippen molar-refractivity contribution in [2.24, 2.45) is 11.8 Å². The first kappa shape index (κ1) is 20.2. The molecule has 0 spiro atoms. The lowest BCUT2D eigenvalue weighted by Crippen LogP contribution is -2.07. The Labute approximate surface area is 144 Å². The highest BCUT2D eigenvalue weighted by atomic mass is 16.3. The molecule has 23 heavy (non-hydrogen) atoms. The van der Waals surface area contributed by atoms with Crippen molar-refractivity contribution in [1.82, 2.24) is 0 Å². The number of hydrogen-bond donors (Lipinski definition) is 1. The Morgan fingerprint density at radius 1 is 1.22 bits per heavy atom. The molecule has 0 aromatic carbocycles. The second kappa shape index (κ2) is 12.6. The second-order valence-corrected chi connectivity index (χ2v) is 7.36. The summed E-state index contributed by atoms with van der Waals surface area (Å²) in [6.07, 6.45) is 22.1. The Morgan fingerprint density at radius 2 is 2.04 bits per heavy atom. The lowest BCUT2D eigenvalue weighted by Gasteiger charge is -2.15. The van der Waals surface area contributed by atoms with Crippen LogP contribution in [0.2, 0.25) is 0 Å². The summed E-state index contributed by atoms with van der Waals surface area (Å²) in [5.41, 5.74) is 1.29. The normalized spacial score (nSPS) is 23.1. The molecular formula is C22H38O. The predicted octanol–water partition coefficient (Wildman–Crippen LogP) is 6.59. The summed E-state index contributed by atoms with van der Waals surface area (Å²) < 4.78 is 0. The van der Waals surface area contributed by atoms with Gasteiger partial charge in [0.15, 0.2) is 0 Å². The van der Waals surface area contributed by atoms with E-state index >= 15 is 0 Å². The van der Waals surface area contributed by atoms with Crippen molar-refractivity contribution < 1.29 is 5.11 Å². The molecule has 0 heterocycles. The predicted molar refractivity (Wildman–Crippen MR) is 103 cm³/mol. The summed E-state index contributed by atoms with van der Waals surface area (Å²) in [6, 6.07) is 0. The molecule has 0 amide bonds. The molecule has 0 aromatic heterocycles. The molecule has 1 aliphatic rings. The zero-order valence-corrected chi connectivity index (χ0v) is 15.5. The van der Waals surface area contributed by atoms with Gasteiger partial charge in [-0.1, -0.05) is 62.5 Å². The maximum absolute atomic E-state index is 10.0. The molecule has 1 heteroatoms. The fourth-order valence-corrected chi connectivity index (χ4v) is 3.49.